The molecule has 7 heteroatoms. The van der Waals surface area contributed by atoms with E-state index in [-0.39, 0.29) is 27.8 Å². The van der Waals surface area contributed by atoms with E-state index in [1.165, 1.54) is 6.07 Å². The van der Waals surface area contributed by atoms with Crippen molar-refractivity contribution >= 4 is 21.9 Å². The molecule has 0 amide bonds. The molecule has 1 rings (SSSR count). The van der Waals surface area contributed by atoms with Gasteiger partial charge in [-0.3, -0.25) is 0 Å². The molecule has 1 aromatic carbocycles. The molecule has 0 heterocycles. The average molecular weight is 306 g/mol. The molecule has 1 N–H and O–H groups in total. The minimum Gasteiger partial charge on any atom is -0.478 e. The number of hydrogen-bond donors (Lipinski definition) is 1. The van der Waals surface area contributed by atoms with E-state index >= 15 is 0 Å². The molecular formula is C10H6BrF2NO3. The quantitative estimate of drug-likeness (QED) is 0.868. The van der Waals surface area contributed by atoms with E-state index in [1.807, 2.05) is 0 Å². The fourth-order valence-electron chi connectivity index (χ4n) is 1.25. The number of carbonyl (C=O) groups is 1. The zero-order chi connectivity index (χ0) is 13.0. The Kier molecular flexibility index (Phi) is 4.40. The molecule has 0 aromatic heterocycles. The average Bonchev–Trinajstić information content (AvgIpc) is 2.26. The van der Waals surface area contributed by atoms with Crippen molar-refractivity contribution in [1.29, 1.82) is 5.26 Å². The van der Waals surface area contributed by atoms with Crippen LogP contribution in [0.4, 0.5) is 8.78 Å². The number of hydrogen-bond acceptors (Lipinski definition) is 3. The number of alkyl halides is 3. The lowest BCUT2D eigenvalue weighted by Gasteiger charge is -2.09. The van der Waals surface area contributed by atoms with Crippen molar-refractivity contribution in [1.82, 2.24) is 0 Å². The van der Waals surface area contributed by atoms with Crippen molar-refractivity contribution in [2.24, 2.45) is 0 Å². The molecule has 0 bridgehead atoms. The second kappa shape index (κ2) is 5.59. The van der Waals surface area contributed by atoms with Gasteiger partial charge in [-0.05, 0) is 17.7 Å². The van der Waals surface area contributed by atoms with Gasteiger partial charge in [0, 0.05) is 5.33 Å². The zero-order valence-corrected chi connectivity index (χ0v) is 9.87. The molecule has 0 aliphatic carbocycles. The number of benzene rings is 1. The van der Waals surface area contributed by atoms with Crippen LogP contribution in [0.25, 0.3) is 0 Å². The van der Waals surface area contributed by atoms with E-state index in [0.717, 1.165) is 6.07 Å². The lowest BCUT2D eigenvalue weighted by atomic mass is 10.0. The molecular weight excluding hydrogens is 300 g/mol. The number of ether oxygens (including phenoxy) is 1. The fraction of sp³-hybridized carbons (Fsp3) is 0.200. The van der Waals surface area contributed by atoms with Crippen molar-refractivity contribution in [3.05, 3.63) is 28.8 Å². The number of halogens is 3. The summed E-state index contributed by atoms with van der Waals surface area (Å²) in [6.07, 6.45) is 0. The van der Waals surface area contributed by atoms with Crippen molar-refractivity contribution < 1.29 is 23.4 Å². The first-order valence-electron chi connectivity index (χ1n) is 4.30. The molecule has 4 nitrogen and oxygen atoms in total. The van der Waals surface area contributed by atoms with Crippen LogP contribution >= 0.6 is 15.9 Å². The number of rotatable bonds is 4. The van der Waals surface area contributed by atoms with Crippen molar-refractivity contribution in [3.63, 3.8) is 0 Å². The summed E-state index contributed by atoms with van der Waals surface area (Å²) in [5, 5.41) is 17.9. The Hall–Kier alpha value is -1.68. The lowest BCUT2D eigenvalue weighted by molar-refractivity contribution is -0.0499. The van der Waals surface area contributed by atoms with E-state index in [1.54, 1.807) is 6.07 Å². The highest BCUT2D eigenvalue weighted by atomic mass is 79.9. The first-order chi connectivity index (χ1) is 7.99. The summed E-state index contributed by atoms with van der Waals surface area (Å²) in [5.74, 6) is -1.66. The summed E-state index contributed by atoms with van der Waals surface area (Å²) in [7, 11) is 0. The predicted octanol–water partition coefficient (Wildman–Crippen LogP) is 2.75. The third kappa shape index (κ3) is 3.14. The van der Waals surface area contributed by atoms with Gasteiger partial charge in [-0.25, -0.2) is 4.79 Å². The molecule has 0 saturated carbocycles. The Bertz CT molecular complexity index is 485. The highest BCUT2D eigenvalue weighted by molar-refractivity contribution is 9.08. The molecule has 90 valence electrons. The van der Waals surface area contributed by atoms with E-state index in [4.69, 9.17) is 10.4 Å². The normalized spacial score (nSPS) is 10.1. The first-order valence-corrected chi connectivity index (χ1v) is 5.42. The topological polar surface area (TPSA) is 70.3 Å². The Morgan fingerprint density at radius 1 is 1.59 bits per heavy atom. The summed E-state index contributed by atoms with van der Waals surface area (Å²) in [6.45, 7) is -3.05. The third-order valence-electron chi connectivity index (χ3n) is 1.90. The van der Waals surface area contributed by atoms with Gasteiger partial charge < -0.3 is 9.84 Å². The van der Waals surface area contributed by atoms with Gasteiger partial charge in [-0.15, -0.1) is 0 Å². The Morgan fingerprint density at radius 2 is 2.24 bits per heavy atom. The van der Waals surface area contributed by atoms with E-state index in [9.17, 15) is 13.6 Å². The summed E-state index contributed by atoms with van der Waals surface area (Å²) < 4.78 is 28.2. The second-order valence-electron chi connectivity index (χ2n) is 2.93. The van der Waals surface area contributed by atoms with Crippen molar-refractivity contribution in [2.45, 2.75) is 11.9 Å². The van der Waals surface area contributed by atoms with Gasteiger partial charge in [0.2, 0.25) is 0 Å². The number of carboxylic acid groups (broad SMARTS) is 1. The smallest absolute Gasteiger partial charge is 0.387 e. The lowest BCUT2D eigenvalue weighted by Crippen LogP contribution is -2.07. The van der Waals surface area contributed by atoms with E-state index in [0.29, 0.717) is 0 Å². The summed E-state index contributed by atoms with van der Waals surface area (Å²) in [4.78, 5) is 10.9. The highest BCUT2D eigenvalue weighted by Gasteiger charge is 2.17. The SMILES string of the molecule is N#Cc1c(CBr)cc(OC(F)F)cc1C(=O)O. The molecule has 0 fully saturated rings. The largest absolute Gasteiger partial charge is 0.478 e. The Balaban J connectivity index is 3.36. The van der Waals surface area contributed by atoms with Gasteiger partial charge in [0.15, 0.2) is 0 Å². The monoisotopic (exact) mass is 305 g/mol. The van der Waals surface area contributed by atoms with Gasteiger partial charge >= 0.3 is 12.6 Å². The predicted molar refractivity (Wildman–Crippen MR) is 57.4 cm³/mol. The maximum atomic E-state index is 12.0. The fourth-order valence-corrected chi connectivity index (χ4v) is 1.69. The van der Waals surface area contributed by atoms with Crippen LogP contribution in [0.2, 0.25) is 0 Å². The molecule has 0 atom stereocenters. The number of carboxylic acids is 1. The van der Waals surface area contributed by atoms with Crippen LogP contribution in [0.3, 0.4) is 0 Å². The number of nitriles is 1. The van der Waals surface area contributed by atoms with Crippen LogP contribution < -0.4 is 4.74 Å². The number of nitrogens with zero attached hydrogens (tertiary/aromatic N) is 1. The van der Waals surface area contributed by atoms with E-state index in [2.05, 4.69) is 20.7 Å². The third-order valence-corrected chi connectivity index (χ3v) is 2.51. The molecule has 0 saturated heterocycles. The molecule has 0 aliphatic rings. The molecule has 0 aliphatic heterocycles. The minimum absolute atomic E-state index is 0.0732. The highest BCUT2D eigenvalue weighted by Crippen LogP contribution is 2.25. The maximum Gasteiger partial charge on any atom is 0.387 e. The van der Waals surface area contributed by atoms with E-state index < -0.39 is 12.6 Å². The summed E-state index contributed by atoms with van der Waals surface area (Å²) in [6, 6.07) is 3.83. The van der Waals surface area contributed by atoms with Crippen LogP contribution in [-0.2, 0) is 5.33 Å². The van der Waals surface area contributed by atoms with Gasteiger partial charge in [0.1, 0.15) is 11.8 Å². The zero-order valence-electron chi connectivity index (χ0n) is 8.28. The Morgan fingerprint density at radius 3 is 2.65 bits per heavy atom. The van der Waals surface area contributed by atoms with Crippen LogP contribution in [0, 0.1) is 11.3 Å². The van der Waals surface area contributed by atoms with Gasteiger partial charge in [-0.2, -0.15) is 14.0 Å². The minimum atomic E-state index is -3.05. The standard InChI is InChI=1S/C10H6BrF2NO3/c11-3-5-1-6(17-10(12)13)2-7(9(15)16)8(5)4-14/h1-2,10H,3H2,(H,15,16). The molecule has 17 heavy (non-hydrogen) atoms. The van der Waals surface area contributed by atoms with Gasteiger partial charge in [-0.1, -0.05) is 15.9 Å². The number of aromatic carboxylic acids is 1. The molecule has 0 spiro atoms. The summed E-state index contributed by atoms with van der Waals surface area (Å²) in [5.41, 5.74) is -0.154. The van der Waals surface area contributed by atoms with Crippen LogP contribution in [0.15, 0.2) is 12.1 Å². The Labute approximate surface area is 104 Å². The maximum absolute atomic E-state index is 12.0. The summed E-state index contributed by atoms with van der Waals surface area (Å²) >= 11 is 3.05. The second-order valence-corrected chi connectivity index (χ2v) is 3.49. The van der Waals surface area contributed by atoms with Crippen molar-refractivity contribution in [3.8, 4) is 11.8 Å². The first kappa shape index (κ1) is 13.4. The van der Waals surface area contributed by atoms with Crippen LogP contribution in [-0.4, -0.2) is 17.7 Å². The van der Waals surface area contributed by atoms with Gasteiger partial charge in [0.05, 0.1) is 11.1 Å². The molecule has 1 aromatic rings. The van der Waals surface area contributed by atoms with Crippen LogP contribution in [0.5, 0.6) is 5.75 Å². The van der Waals surface area contributed by atoms with Gasteiger partial charge in [0.25, 0.3) is 0 Å². The molecule has 0 radical (unpaired) electrons. The van der Waals surface area contributed by atoms with Crippen LogP contribution in [0.1, 0.15) is 21.5 Å². The van der Waals surface area contributed by atoms with Crippen molar-refractivity contribution in [2.75, 3.05) is 0 Å². The molecule has 0 unspecified atom stereocenters.